The van der Waals surface area contributed by atoms with Gasteiger partial charge in [-0.2, -0.15) is 0 Å². The van der Waals surface area contributed by atoms with Crippen LogP contribution in [0.15, 0.2) is 0 Å². The Morgan fingerprint density at radius 3 is 2.12 bits per heavy atom. The zero-order valence-corrected chi connectivity index (χ0v) is 11.3. The van der Waals surface area contributed by atoms with Crippen molar-refractivity contribution in [2.24, 2.45) is 17.8 Å². The van der Waals surface area contributed by atoms with Crippen molar-refractivity contribution in [1.82, 2.24) is 5.32 Å². The van der Waals surface area contributed by atoms with E-state index in [0.717, 1.165) is 12.8 Å². The molecule has 2 unspecified atom stereocenters. The second kappa shape index (κ2) is 7.66. The molecular weight excluding hydrogens is 202 g/mol. The molecule has 0 bridgehead atoms. The molecule has 0 aliphatic carbocycles. The van der Waals surface area contributed by atoms with E-state index in [0.29, 0.717) is 24.4 Å². The van der Waals surface area contributed by atoms with Crippen LogP contribution in [0.1, 0.15) is 47.5 Å². The molecule has 2 N–H and O–H groups in total. The van der Waals surface area contributed by atoms with Gasteiger partial charge in [-0.05, 0) is 24.7 Å². The molecule has 3 heteroatoms. The first-order valence-corrected chi connectivity index (χ1v) is 6.34. The van der Waals surface area contributed by atoms with Crippen LogP contribution in [0, 0.1) is 17.8 Å². The van der Waals surface area contributed by atoms with Crippen molar-refractivity contribution < 1.29 is 9.90 Å². The lowest BCUT2D eigenvalue weighted by Gasteiger charge is -2.23. The summed E-state index contributed by atoms with van der Waals surface area (Å²) in [5.41, 5.74) is 0. The third-order valence-corrected chi connectivity index (χ3v) is 2.98. The highest BCUT2D eigenvalue weighted by Crippen LogP contribution is 2.13. The summed E-state index contributed by atoms with van der Waals surface area (Å²) in [6.45, 7) is 11.2. The van der Waals surface area contributed by atoms with Gasteiger partial charge in [0.25, 0.3) is 0 Å². The third kappa shape index (κ3) is 6.11. The van der Waals surface area contributed by atoms with Crippen LogP contribution in [0.3, 0.4) is 0 Å². The Balaban J connectivity index is 4.15. The third-order valence-electron chi connectivity index (χ3n) is 2.98. The lowest BCUT2D eigenvalue weighted by atomic mass is 9.95. The molecular formula is C13H27NO2. The van der Waals surface area contributed by atoms with Gasteiger partial charge in [0.15, 0.2) is 0 Å². The van der Waals surface area contributed by atoms with Gasteiger partial charge in [0.2, 0.25) is 0 Å². The second-order valence-electron chi connectivity index (χ2n) is 5.33. The lowest BCUT2D eigenvalue weighted by Crippen LogP contribution is -2.39. The van der Waals surface area contributed by atoms with Gasteiger partial charge < -0.3 is 10.4 Å². The molecule has 0 aromatic heterocycles. The molecule has 16 heavy (non-hydrogen) atoms. The Labute approximate surface area is 99.6 Å². The second-order valence-corrected chi connectivity index (χ2v) is 5.33. The van der Waals surface area contributed by atoms with Crippen LogP contribution in [0.25, 0.3) is 0 Å². The first-order valence-electron chi connectivity index (χ1n) is 6.34. The number of hydrogen-bond donors (Lipinski definition) is 2. The van der Waals surface area contributed by atoms with Crippen LogP contribution >= 0.6 is 0 Å². The summed E-state index contributed by atoms with van der Waals surface area (Å²) >= 11 is 0. The molecule has 0 aromatic rings. The molecule has 0 saturated carbocycles. The molecule has 0 spiro atoms. The maximum atomic E-state index is 11.1. The first-order chi connectivity index (χ1) is 7.38. The largest absolute Gasteiger partial charge is 0.481 e. The summed E-state index contributed by atoms with van der Waals surface area (Å²) < 4.78 is 0. The minimum Gasteiger partial charge on any atom is -0.481 e. The van der Waals surface area contributed by atoms with E-state index in [1.54, 1.807) is 0 Å². The number of aliphatic carboxylic acids is 1. The average molecular weight is 229 g/mol. The van der Waals surface area contributed by atoms with Crippen LogP contribution in [0.4, 0.5) is 0 Å². The Morgan fingerprint density at radius 1 is 1.25 bits per heavy atom. The summed E-state index contributed by atoms with van der Waals surface area (Å²) in [5, 5.41) is 12.5. The van der Waals surface area contributed by atoms with E-state index in [-0.39, 0.29) is 5.92 Å². The number of carboxylic acids is 1. The van der Waals surface area contributed by atoms with Gasteiger partial charge >= 0.3 is 5.97 Å². The number of rotatable bonds is 8. The molecule has 2 atom stereocenters. The molecule has 3 nitrogen and oxygen atoms in total. The predicted molar refractivity (Wildman–Crippen MR) is 67.5 cm³/mol. The standard InChI is InChI=1S/C13H27NO2/c1-6-12(10(4)5)14-8-11(13(15)16)7-9(2)3/h9-12,14H,6-8H2,1-5H3,(H,15,16). The smallest absolute Gasteiger partial charge is 0.307 e. The molecule has 0 aromatic carbocycles. The molecule has 0 radical (unpaired) electrons. The fourth-order valence-corrected chi connectivity index (χ4v) is 1.99. The monoisotopic (exact) mass is 229 g/mol. The van der Waals surface area contributed by atoms with Crippen molar-refractivity contribution >= 4 is 5.97 Å². The van der Waals surface area contributed by atoms with Crippen molar-refractivity contribution in [3.63, 3.8) is 0 Å². The minimum absolute atomic E-state index is 0.257. The molecule has 0 rings (SSSR count). The van der Waals surface area contributed by atoms with E-state index in [1.807, 2.05) is 0 Å². The Bertz CT molecular complexity index is 202. The quantitative estimate of drug-likeness (QED) is 0.673. The van der Waals surface area contributed by atoms with Crippen molar-refractivity contribution in [3.8, 4) is 0 Å². The summed E-state index contributed by atoms with van der Waals surface area (Å²) in [6.07, 6.45) is 1.79. The lowest BCUT2D eigenvalue weighted by molar-refractivity contribution is -0.142. The highest BCUT2D eigenvalue weighted by atomic mass is 16.4. The fourth-order valence-electron chi connectivity index (χ4n) is 1.99. The normalized spacial score (nSPS) is 15.4. The van der Waals surface area contributed by atoms with E-state index in [9.17, 15) is 4.79 Å². The summed E-state index contributed by atoms with van der Waals surface area (Å²) in [6, 6.07) is 0.425. The molecule has 0 amide bonds. The average Bonchev–Trinajstić information content (AvgIpc) is 2.15. The zero-order valence-electron chi connectivity index (χ0n) is 11.3. The molecule has 96 valence electrons. The van der Waals surface area contributed by atoms with E-state index in [1.165, 1.54) is 0 Å². The Morgan fingerprint density at radius 2 is 1.81 bits per heavy atom. The van der Waals surface area contributed by atoms with Gasteiger partial charge in [0, 0.05) is 12.6 Å². The minimum atomic E-state index is -0.681. The topological polar surface area (TPSA) is 49.3 Å². The van der Waals surface area contributed by atoms with Gasteiger partial charge in [-0.3, -0.25) is 4.79 Å². The maximum absolute atomic E-state index is 11.1. The number of carboxylic acid groups (broad SMARTS) is 1. The van der Waals surface area contributed by atoms with E-state index >= 15 is 0 Å². The predicted octanol–water partition coefficient (Wildman–Crippen LogP) is 2.76. The number of carbonyl (C=O) groups is 1. The van der Waals surface area contributed by atoms with Crippen molar-refractivity contribution in [3.05, 3.63) is 0 Å². The van der Waals surface area contributed by atoms with Gasteiger partial charge in [-0.25, -0.2) is 0 Å². The van der Waals surface area contributed by atoms with Crippen LogP contribution in [-0.2, 0) is 4.79 Å². The van der Waals surface area contributed by atoms with E-state index in [4.69, 9.17) is 5.11 Å². The molecule has 0 heterocycles. The van der Waals surface area contributed by atoms with Crippen molar-refractivity contribution in [2.45, 2.75) is 53.5 Å². The first kappa shape index (κ1) is 15.4. The highest BCUT2D eigenvalue weighted by Gasteiger charge is 2.20. The van der Waals surface area contributed by atoms with Gasteiger partial charge in [-0.1, -0.05) is 34.6 Å². The number of hydrogen-bond acceptors (Lipinski definition) is 2. The van der Waals surface area contributed by atoms with Gasteiger partial charge in [-0.15, -0.1) is 0 Å². The highest BCUT2D eigenvalue weighted by molar-refractivity contribution is 5.70. The van der Waals surface area contributed by atoms with Crippen LogP contribution in [-0.4, -0.2) is 23.7 Å². The Kier molecular flexibility index (Phi) is 7.39. The molecule has 0 aliphatic rings. The van der Waals surface area contributed by atoms with Crippen LogP contribution in [0.2, 0.25) is 0 Å². The zero-order chi connectivity index (χ0) is 12.7. The molecule has 0 fully saturated rings. The number of nitrogens with one attached hydrogen (secondary N) is 1. The fraction of sp³-hybridized carbons (Fsp3) is 0.923. The SMILES string of the molecule is CCC(NCC(CC(C)C)C(=O)O)C(C)C. The summed E-state index contributed by atoms with van der Waals surface area (Å²) in [4.78, 5) is 11.1. The van der Waals surface area contributed by atoms with Gasteiger partial charge in [0.1, 0.15) is 0 Å². The van der Waals surface area contributed by atoms with E-state index in [2.05, 4.69) is 39.9 Å². The van der Waals surface area contributed by atoms with Crippen molar-refractivity contribution in [1.29, 1.82) is 0 Å². The van der Waals surface area contributed by atoms with Crippen LogP contribution in [0.5, 0.6) is 0 Å². The molecule has 0 saturated heterocycles. The van der Waals surface area contributed by atoms with Gasteiger partial charge in [0.05, 0.1) is 5.92 Å². The Hall–Kier alpha value is -0.570. The summed E-state index contributed by atoms with van der Waals surface area (Å²) in [7, 11) is 0. The van der Waals surface area contributed by atoms with Crippen LogP contribution < -0.4 is 5.32 Å². The maximum Gasteiger partial charge on any atom is 0.307 e. The van der Waals surface area contributed by atoms with E-state index < -0.39 is 5.97 Å². The molecule has 0 aliphatic heterocycles. The van der Waals surface area contributed by atoms with Crippen molar-refractivity contribution in [2.75, 3.05) is 6.54 Å². The summed E-state index contributed by atoms with van der Waals surface area (Å²) in [5.74, 6) is 0.0492.